The highest BCUT2D eigenvalue weighted by Gasteiger charge is 2.21. The third kappa shape index (κ3) is 2.94. The summed E-state index contributed by atoms with van der Waals surface area (Å²) in [4.78, 5) is 16.5. The second kappa shape index (κ2) is 6.03. The first-order valence-corrected chi connectivity index (χ1v) is 7.38. The summed E-state index contributed by atoms with van der Waals surface area (Å²) in [5.41, 5.74) is 0.974. The second-order valence-electron chi connectivity index (χ2n) is 5.38. The highest BCUT2D eigenvalue weighted by Crippen LogP contribution is 2.16. The standard InChI is InChI=1S/C15H19N5O/c1-11(12-6-5-8-16-10-12)17-15(21)14-19-18-13-7-3-2-4-9-20(13)14/h5-6,8,10-11H,2-4,7,9H2,1H3,(H,17,21)/t11-/m0/s1. The van der Waals surface area contributed by atoms with Crippen LogP contribution in [0.5, 0.6) is 0 Å². The predicted octanol–water partition coefficient (Wildman–Crippen LogP) is 1.89. The van der Waals surface area contributed by atoms with Gasteiger partial charge < -0.3 is 9.88 Å². The molecule has 1 N–H and O–H groups in total. The summed E-state index contributed by atoms with van der Waals surface area (Å²) in [5.74, 6) is 1.17. The summed E-state index contributed by atoms with van der Waals surface area (Å²) in [5, 5.41) is 11.2. The lowest BCUT2D eigenvalue weighted by Gasteiger charge is -2.14. The quantitative estimate of drug-likeness (QED) is 0.934. The van der Waals surface area contributed by atoms with Gasteiger partial charge in [-0.05, 0) is 31.4 Å². The van der Waals surface area contributed by atoms with E-state index in [1.807, 2.05) is 23.6 Å². The Kier molecular flexibility index (Phi) is 3.94. The largest absolute Gasteiger partial charge is 0.343 e. The zero-order valence-corrected chi connectivity index (χ0v) is 12.1. The molecule has 1 amide bonds. The lowest BCUT2D eigenvalue weighted by atomic mass is 10.1. The van der Waals surface area contributed by atoms with Gasteiger partial charge in [-0.15, -0.1) is 10.2 Å². The van der Waals surface area contributed by atoms with Crippen LogP contribution in [-0.2, 0) is 13.0 Å². The Morgan fingerprint density at radius 2 is 2.24 bits per heavy atom. The van der Waals surface area contributed by atoms with E-state index < -0.39 is 0 Å². The fraction of sp³-hybridized carbons (Fsp3) is 0.467. The van der Waals surface area contributed by atoms with Crippen LogP contribution in [-0.4, -0.2) is 25.7 Å². The van der Waals surface area contributed by atoms with Gasteiger partial charge in [0, 0.05) is 25.4 Å². The number of pyridine rings is 1. The van der Waals surface area contributed by atoms with Crippen molar-refractivity contribution in [3.05, 3.63) is 41.7 Å². The Labute approximate surface area is 123 Å². The van der Waals surface area contributed by atoms with E-state index in [-0.39, 0.29) is 11.9 Å². The zero-order valence-electron chi connectivity index (χ0n) is 12.1. The van der Waals surface area contributed by atoms with Crippen molar-refractivity contribution < 1.29 is 4.79 Å². The fourth-order valence-corrected chi connectivity index (χ4v) is 2.63. The number of hydrogen-bond donors (Lipinski definition) is 1. The van der Waals surface area contributed by atoms with E-state index in [1.165, 1.54) is 6.42 Å². The van der Waals surface area contributed by atoms with Gasteiger partial charge in [-0.25, -0.2) is 0 Å². The average Bonchev–Trinajstić information content (AvgIpc) is 2.77. The molecule has 0 unspecified atom stereocenters. The molecule has 0 saturated heterocycles. The molecule has 2 aromatic heterocycles. The zero-order chi connectivity index (χ0) is 14.7. The smallest absolute Gasteiger partial charge is 0.289 e. The van der Waals surface area contributed by atoms with E-state index in [2.05, 4.69) is 20.5 Å². The van der Waals surface area contributed by atoms with Gasteiger partial charge in [-0.2, -0.15) is 0 Å². The maximum absolute atomic E-state index is 12.4. The molecular formula is C15H19N5O. The van der Waals surface area contributed by atoms with Gasteiger partial charge in [0.25, 0.3) is 5.91 Å². The summed E-state index contributed by atoms with van der Waals surface area (Å²) in [6.45, 7) is 2.76. The monoisotopic (exact) mass is 285 g/mol. The maximum atomic E-state index is 12.4. The number of carbonyl (C=O) groups is 1. The molecule has 2 aromatic rings. The van der Waals surface area contributed by atoms with Gasteiger partial charge in [0.2, 0.25) is 5.82 Å². The molecule has 0 aromatic carbocycles. The molecule has 6 nitrogen and oxygen atoms in total. The molecule has 0 bridgehead atoms. The summed E-state index contributed by atoms with van der Waals surface area (Å²) >= 11 is 0. The van der Waals surface area contributed by atoms with Crippen molar-refractivity contribution in [3.63, 3.8) is 0 Å². The number of fused-ring (bicyclic) bond motifs is 1. The van der Waals surface area contributed by atoms with E-state index in [0.29, 0.717) is 5.82 Å². The molecule has 110 valence electrons. The van der Waals surface area contributed by atoms with Crippen LogP contribution in [0.2, 0.25) is 0 Å². The van der Waals surface area contributed by atoms with Crippen molar-refractivity contribution in [2.45, 2.75) is 45.2 Å². The Morgan fingerprint density at radius 1 is 1.33 bits per heavy atom. The first-order chi connectivity index (χ1) is 10.3. The third-order valence-electron chi connectivity index (χ3n) is 3.84. The van der Waals surface area contributed by atoms with E-state index in [9.17, 15) is 4.79 Å². The predicted molar refractivity (Wildman–Crippen MR) is 77.7 cm³/mol. The fourth-order valence-electron chi connectivity index (χ4n) is 2.63. The number of nitrogens with zero attached hydrogens (tertiary/aromatic N) is 4. The van der Waals surface area contributed by atoms with E-state index in [4.69, 9.17) is 0 Å². The minimum atomic E-state index is -0.174. The molecule has 1 aliphatic heterocycles. The summed E-state index contributed by atoms with van der Waals surface area (Å²) in [6, 6.07) is 3.70. The molecule has 1 aliphatic rings. The van der Waals surface area contributed by atoms with Crippen LogP contribution >= 0.6 is 0 Å². The molecule has 6 heteroatoms. The number of rotatable bonds is 3. The van der Waals surface area contributed by atoms with Crippen LogP contribution in [0.1, 0.15) is 54.2 Å². The summed E-state index contributed by atoms with van der Waals surface area (Å²) < 4.78 is 1.96. The molecule has 0 saturated carbocycles. The highest BCUT2D eigenvalue weighted by molar-refractivity contribution is 5.91. The van der Waals surface area contributed by atoms with Crippen molar-refractivity contribution in [1.29, 1.82) is 0 Å². The van der Waals surface area contributed by atoms with Crippen LogP contribution in [0.25, 0.3) is 0 Å². The second-order valence-corrected chi connectivity index (χ2v) is 5.38. The summed E-state index contributed by atoms with van der Waals surface area (Å²) in [7, 11) is 0. The number of carbonyl (C=O) groups excluding carboxylic acids is 1. The highest BCUT2D eigenvalue weighted by atomic mass is 16.2. The first kappa shape index (κ1) is 13.7. The topological polar surface area (TPSA) is 72.7 Å². The SMILES string of the molecule is C[C@H](NC(=O)c1nnc2n1CCCCC2)c1cccnc1. The van der Waals surface area contributed by atoms with Crippen molar-refractivity contribution in [3.8, 4) is 0 Å². The summed E-state index contributed by atoms with van der Waals surface area (Å²) in [6.07, 6.45) is 7.75. The van der Waals surface area contributed by atoms with E-state index in [1.54, 1.807) is 12.4 Å². The third-order valence-corrected chi connectivity index (χ3v) is 3.84. The Morgan fingerprint density at radius 3 is 3.05 bits per heavy atom. The minimum Gasteiger partial charge on any atom is -0.343 e. The van der Waals surface area contributed by atoms with Crippen molar-refractivity contribution in [2.75, 3.05) is 0 Å². The van der Waals surface area contributed by atoms with Crippen molar-refractivity contribution in [1.82, 2.24) is 25.1 Å². The van der Waals surface area contributed by atoms with E-state index >= 15 is 0 Å². The van der Waals surface area contributed by atoms with Crippen LogP contribution < -0.4 is 5.32 Å². The molecule has 0 aliphatic carbocycles. The molecule has 0 fully saturated rings. The maximum Gasteiger partial charge on any atom is 0.289 e. The lowest BCUT2D eigenvalue weighted by molar-refractivity contribution is 0.0924. The average molecular weight is 285 g/mol. The first-order valence-electron chi connectivity index (χ1n) is 7.38. The normalized spacial score (nSPS) is 15.9. The van der Waals surface area contributed by atoms with Crippen molar-refractivity contribution >= 4 is 5.91 Å². The van der Waals surface area contributed by atoms with Gasteiger partial charge in [-0.3, -0.25) is 9.78 Å². The molecule has 21 heavy (non-hydrogen) atoms. The van der Waals surface area contributed by atoms with Crippen LogP contribution in [0, 0.1) is 0 Å². The molecule has 3 rings (SSSR count). The Balaban J connectivity index is 1.75. The number of amides is 1. The van der Waals surface area contributed by atoms with Gasteiger partial charge in [-0.1, -0.05) is 12.5 Å². The number of aryl methyl sites for hydroxylation is 1. The number of nitrogens with one attached hydrogen (secondary N) is 1. The van der Waals surface area contributed by atoms with Gasteiger partial charge in [0.1, 0.15) is 5.82 Å². The number of hydrogen-bond acceptors (Lipinski definition) is 4. The van der Waals surface area contributed by atoms with Gasteiger partial charge in [0.05, 0.1) is 6.04 Å². The molecule has 1 atom stereocenters. The molecule has 0 radical (unpaired) electrons. The molecular weight excluding hydrogens is 266 g/mol. The Hall–Kier alpha value is -2.24. The molecule has 3 heterocycles. The lowest BCUT2D eigenvalue weighted by Crippen LogP contribution is -2.29. The minimum absolute atomic E-state index is 0.107. The van der Waals surface area contributed by atoms with Crippen LogP contribution in [0.4, 0.5) is 0 Å². The number of aromatic nitrogens is 4. The van der Waals surface area contributed by atoms with Gasteiger partial charge >= 0.3 is 0 Å². The van der Waals surface area contributed by atoms with Gasteiger partial charge in [0.15, 0.2) is 0 Å². The molecule has 0 spiro atoms. The van der Waals surface area contributed by atoms with Crippen LogP contribution in [0.15, 0.2) is 24.5 Å². The van der Waals surface area contributed by atoms with Crippen LogP contribution in [0.3, 0.4) is 0 Å². The van der Waals surface area contributed by atoms with E-state index in [0.717, 1.165) is 37.2 Å². The Bertz CT molecular complexity index is 622. The van der Waals surface area contributed by atoms with Crippen molar-refractivity contribution in [2.24, 2.45) is 0 Å².